The maximum absolute atomic E-state index is 12.0. The molecule has 1 aromatic carbocycles. The summed E-state index contributed by atoms with van der Waals surface area (Å²) in [4.78, 5) is 12.0. The zero-order valence-electron chi connectivity index (χ0n) is 11.7. The van der Waals surface area contributed by atoms with Crippen LogP contribution in [0.4, 0.5) is 5.69 Å². The second kappa shape index (κ2) is 6.81. The molecule has 0 fully saturated rings. The molecule has 0 radical (unpaired) electrons. The van der Waals surface area contributed by atoms with Crippen molar-refractivity contribution in [3.8, 4) is 0 Å². The van der Waals surface area contributed by atoms with E-state index >= 15 is 0 Å². The molecule has 0 saturated carbocycles. The van der Waals surface area contributed by atoms with Gasteiger partial charge in [0.1, 0.15) is 12.2 Å². The summed E-state index contributed by atoms with van der Waals surface area (Å²) < 4.78 is 1.94. The van der Waals surface area contributed by atoms with Crippen molar-refractivity contribution in [2.75, 3.05) is 5.32 Å². The molecule has 1 aromatic heterocycles. The number of aromatic nitrogens is 3. The van der Waals surface area contributed by atoms with E-state index in [0.29, 0.717) is 6.54 Å². The topological polar surface area (TPSA) is 71.8 Å². The molecule has 0 aliphatic rings. The second-order valence-electron chi connectivity index (χ2n) is 4.49. The van der Waals surface area contributed by atoms with Crippen molar-refractivity contribution < 1.29 is 4.79 Å². The van der Waals surface area contributed by atoms with Crippen LogP contribution in [0.15, 0.2) is 36.7 Å². The normalized spacial score (nSPS) is 12.1. The van der Waals surface area contributed by atoms with Crippen LogP contribution in [0.5, 0.6) is 0 Å². The molecule has 0 saturated heterocycles. The number of nitrogens with one attached hydrogen (secondary N) is 2. The van der Waals surface area contributed by atoms with Gasteiger partial charge < -0.3 is 9.88 Å². The summed E-state index contributed by atoms with van der Waals surface area (Å²) in [6.45, 7) is 5.18. The molecule has 0 spiro atoms. The fourth-order valence-corrected chi connectivity index (χ4v) is 1.79. The predicted molar refractivity (Wildman–Crippen MR) is 77.1 cm³/mol. The van der Waals surface area contributed by atoms with Crippen LogP contribution in [0.25, 0.3) is 0 Å². The molecule has 0 aliphatic heterocycles. The summed E-state index contributed by atoms with van der Waals surface area (Å²) in [6, 6.07) is 9.10. The first-order valence-corrected chi connectivity index (χ1v) is 6.66. The number of rotatable bonds is 6. The highest BCUT2D eigenvalue weighted by molar-refractivity contribution is 5.94. The minimum Gasteiger partial charge on any atom is -0.325 e. The summed E-state index contributed by atoms with van der Waals surface area (Å²) in [5.74, 6) is 0.755. The van der Waals surface area contributed by atoms with Gasteiger partial charge in [0.25, 0.3) is 0 Å². The Bertz CT molecular complexity index is 552. The molecule has 6 heteroatoms. The van der Waals surface area contributed by atoms with E-state index < -0.39 is 0 Å². The monoisotopic (exact) mass is 273 g/mol. The molecule has 2 rings (SSSR count). The molecule has 1 amide bonds. The predicted octanol–water partition coefficient (Wildman–Crippen LogP) is 1.41. The van der Waals surface area contributed by atoms with Crippen LogP contribution in [0.1, 0.15) is 19.7 Å². The molecule has 2 N–H and O–H groups in total. The average molecular weight is 273 g/mol. The van der Waals surface area contributed by atoms with E-state index in [1.807, 2.05) is 48.7 Å². The maximum atomic E-state index is 12.0. The van der Waals surface area contributed by atoms with Crippen molar-refractivity contribution in [3.05, 3.63) is 42.5 Å². The number of hydrogen-bond donors (Lipinski definition) is 2. The zero-order valence-corrected chi connectivity index (χ0v) is 11.7. The third-order valence-electron chi connectivity index (χ3n) is 3.04. The molecular formula is C14H19N5O. The standard InChI is InChI=1S/C14H19N5O/c1-3-19-10-16-18-13(19)9-15-11(2)14(20)17-12-7-5-4-6-8-12/h4-8,10-11,15H,3,9H2,1-2H3,(H,17,20). The number of carbonyl (C=O) groups excluding carboxylic acids is 1. The van der Waals surface area contributed by atoms with Gasteiger partial charge in [-0.3, -0.25) is 10.1 Å². The summed E-state index contributed by atoms with van der Waals surface area (Å²) in [6.07, 6.45) is 1.69. The number of aryl methyl sites for hydroxylation is 1. The lowest BCUT2D eigenvalue weighted by molar-refractivity contribution is -0.117. The number of nitrogens with zero attached hydrogens (tertiary/aromatic N) is 3. The van der Waals surface area contributed by atoms with Crippen LogP contribution < -0.4 is 10.6 Å². The molecule has 2 aromatic rings. The minimum atomic E-state index is -0.308. The number of carbonyl (C=O) groups is 1. The molecule has 0 aliphatic carbocycles. The third kappa shape index (κ3) is 3.64. The van der Waals surface area contributed by atoms with Crippen LogP contribution in [-0.4, -0.2) is 26.7 Å². The fourth-order valence-electron chi connectivity index (χ4n) is 1.79. The molecular weight excluding hydrogens is 254 g/mol. The summed E-state index contributed by atoms with van der Waals surface area (Å²) in [5.41, 5.74) is 0.794. The van der Waals surface area contributed by atoms with Gasteiger partial charge in [-0.05, 0) is 26.0 Å². The van der Waals surface area contributed by atoms with Crippen molar-refractivity contribution in [3.63, 3.8) is 0 Å². The van der Waals surface area contributed by atoms with Gasteiger partial charge in [-0.2, -0.15) is 0 Å². The summed E-state index contributed by atoms with van der Waals surface area (Å²) in [5, 5.41) is 13.9. The van der Waals surface area contributed by atoms with Crippen molar-refractivity contribution in [2.24, 2.45) is 0 Å². The van der Waals surface area contributed by atoms with Crippen LogP contribution in [-0.2, 0) is 17.9 Å². The first-order valence-electron chi connectivity index (χ1n) is 6.66. The van der Waals surface area contributed by atoms with Gasteiger partial charge in [-0.15, -0.1) is 10.2 Å². The first-order chi connectivity index (χ1) is 9.70. The van der Waals surface area contributed by atoms with Gasteiger partial charge in [0.2, 0.25) is 5.91 Å². The van der Waals surface area contributed by atoms with Crippen LogP contribution in [0.2, 0.25) is 0 Å². The van der Waals surface area contributed by atoms with Gasteiger partial charge in [-0.1, -0.05) is 18.2 Å². The fraction of sp³-hybridized carbons (Fsp3) is 0.357. The van der Waals surface area contributed by atoms with Gasteiger partial charge in [0.05, 0.1) is 12.6 Å². The SMILES string of the molecule is CCn1cnnc1CNC(C)C(=O)Nc1ccccc1. The lowest BCUT2D eigenvalue weighted by Gasteiger charge is -2.14. The number of hydrogen-bond acceptors (Lipinski definition) is 4. The molecule has 1 heterocycles. The average Bonchev–Trinajstić information content (AvgIpc) is 2.93. The Morgan fingerprint density at radius 1 is 1.35 bits per heavy atom. The molecule has 1 atom stereocenters. The smallest absolute Gasteiger partial charge is 0.241 e. The van der Waals surface area contributed by atoms with Crippen molar-refractivity contribution in [1.82, 2.24) is 20.1 Å². The Kier molecular flexibility index (Phi) is 4.84. The highest BCUT2D eigenvalue weighted by Gasteiger charge is 2.13. The van der Waals surface area contributed by atoms with Crippen molar-refractivity contribution in [1.29, 1.82) is 0 Å². The van der Waals surface area contributed by atoms with Gasteiger partial charge in [0.15, 0.2) is 0 Å². The van der Waals surface area contributed by atoms with Crippen LogP contribution in [0.3, 0.4) is 0 Å². The Hall–Kier alpha value is -2.21. The maximum Gasteiger partial charge on any atom is 0.241 e. The van der Waals surface area contributed by atoms with Gasteiger partial charge in [-0.25, -0.2) is 0 Å². The van der Waals surface area contributed by atoms with E-state index in [1.54, 1.807) is 6.33 Å². The summed E-state index contributed by atoms with van der Waals surface area (Å²) >= 11 is 0. The Balaban J connectivity index is 1.85. The van der Waals surface area contributed by atoms with Gasteiger partial charge in [0, 0.05) is 12.2 Å². The van der Waals surface area contributed by atoms with Crippen molar-refractivity contribution >= 4 is 11.6 Å². The van der Waals surface area contributed by atoms with Crippen LogP contribution >= 0.6 is 0 Å². The zero-order chi connectivity index (χ0) is 14.4. The van der Waals surface area contributed by atoms with E-state index in [2.05, 4.69) is 20.8 Å². The van der Waals surface area contributed by atoms with E-state index in [0.717, 1.165) is 18.1 Å². The number of amides is 1. The summed E-state index contributed by atoms with van der Waals surface area (Å²) in [7, 11) is 0. The lowest BCUT2D eigenvalue weighted by atomic mass is 10.2. The molecule has 106 valence electrons. The number of para-hydroxylation sites is 1. The van der Waals surface area contributed by atoms with E-state index in [1.165, 1.54) is 0 Å². The Morgan fingerprint density at radius 3 is 2.80 bits per heavy atom. The van der Waals surface area contributed by atoms with Gasteiger partial charge >= 0.3 is 0 Å². The molecule has 20 heavy (non-hydrogen) atoms. The van der Waals surface area contributed by atoms with Crippen molar-refractivity contribution in [2.45, 2.75) is 33.0 Å². The molecule has 6 nitrogen and oxygen atoms in total. The van der Waals surface area contributed by atoms with E-state index in [4.69, 9.17) is 0 Å². The van der Waals surface area contributed by atoms with Crippen LogP contribution in [0, 0.1) is 0 Å². The lowest BCUT2D eigenvalue weighted by Crippen LogP contribution is -2.38. The largest absolute Gasteiger partial charge is 0.325 e. The van der Waals surface area contributed by atoms with E-state index in [-0.39, 0.29) is 11.9 Å². The quantitative estimate of drug-likeness (QED) is 0.835. The number of benzene rings is 1. The highest BCUT2D eigenvalue weighted by Crippen LogP contribution is 2.05. The third-order valence-corrected chi connectivity index (χ3v) is 3.04. The Morgan fingerprint density at radius 2 is 2.10 bits per heavy atom. The minimum absolute atomic E-state index is 0.0706. The number of anilines is 1. The Labute approximate surface area is 118 Å². The van der Waals surface area contributed by atoms with E-state index in [9.17, 15) is 4.79 Å². The second-order valence-corrected chi connectivity index (χ2v) is 4.49. The molecule has 0 bridgehead atoms. The highest BCUT2D eigenvalue weighted by atomic mass is 16.2. The molecule has 1 unspecified atom stereocenters. The first kappa shape index (κ1) is 14.2.